The van der Waals surface area contributed by atoms with Crippen molar-refractivity contribution in [2.75, 3.05) is 0 Å². The minimum atomic E-state index is -4.68. The van der Waals surface area contributed by atoms with Crippen LogP contribution in [0.3, 0.4) is 0 Å². The minimum Gasteiger partial charge on any atom is -0.406 e. The van der Waals surface area contributed by atoms with Gasteiger partial charge in [-0.2, -0.15) is 0 Å². The van der Waals surface area contributed by atoms with Crippen LogP contribution in [0.25, 0.3) is 0 Å². The van der Waals surface area contributed by atoms with Crippen LogP contribution >= 0.6 is 11.6 Å². The van der Waals surface area contributed by atoms with Gasteiger partial charge in [-0.1, -0.05) is 25.4 Å². The molecule has 0 saturated carbocycles. The molecule has 0 fully saturated rings. The quantitative estimate of drug-likeness (QED) is 0.773. The van der Waals surface area contributed by atoms with Crippen LogP contribution in [0.2, 0.25) is 5.02 Å². The van der Waals surface area contributed by atoms with Crippen LogP contribution in [0.15, 0.2) is 18.2 Å². The van der Waals surface area contributed by atoms with Crippen LogP contribution in [0.5, 0.6) is 5.75 Å². The Balaban J connectivity index is 2.90. The van der Waals surface area contributed by atoms with Gasteiger partial charge in [-0.3, -0.25) is 0 Å². The lowest BCUT2D eigenvalue weighted by molar-refractivity contribution is -0.274. The Morgan fingerprint density at radius 3 is 2.38 bits per heavy atom. The van der Waals surface area contributed by atoms with E-state index in [1.807, 2.05) is 13.8 Å². The second-order valence-corrected chi connectivity index (χ2v) is 4.38. The number of ether oxygens (including phenoxy) is 1. The first-order chi connectivity index (χ1) is 7.26. The van der Waals surface area contributed by atoms with Crippen molar-refractivity contribution in [1.29, 1.82) is 0 Å². The highest BCUT2D eigenvalue weighted by Crippen LogP contribution is 2.27. The topological polar surface area (TPSA) is 9.23 Å². The molecule has 0 N–H and O–H groups in total. The molecule has 1 rings (SSSR count). The van der Waals surface area contributed by atoms with Crippen molar-refractivity contribution in [1.82, 2.24) is 0 Å². The summed E-state index contributed by atoms with van der Waals surface area (Å²) in [5.41, 5.74) is 0.738. The Labute approximate surface area is 97.2 Å². The molecule has 0 unspecified atom stereocenters. The lowest BCUT2D eigenvalue weighted by atomic mass is 10.0. The summed E-state index contributed by atoms with van der Waals surface area (Å²) in [6.07, 6.45) is -4.02. The average Bonchev–Trinajstić information content (AvgIpc) is 1.96. The summed E-state index contributed by atoms with van der Waals surface area (Å²) in [4.78, 5) is 0. The molecule has 1 aromatic rings. The van der Waals surface area contributed by atoms with Gasteiger partial charge >= 0.3 is 6.36 Å². The van der Waals surface area contributed by atoms with Gasteiger partial charge in [0.25, 0.3) is 0 Å². The molecule has 0 aliphatic heterocycles. The molecular weight excluding hydrogens is 241 g/mol. The lowest BCUT2D eigenvalue weighted by Gasteiger charge is -2.11. The van der Waals surface area contributed by atoms with Crippen molar-refractivity contribution in [3.63, 3.8) is 0 Å². The van der Waals surface area contributed by atoms with Gasteiger partial charge in [0.1, 0.15) is 5.75 Å². The maximum Gasteiger partial charge on any atom is 0.573 e. The number of halogens is 4. The summed E-state index contributed by atoms with van der Waals surface area (Å²) in [6, 6.07) is 4.16. The van der Waals surface area contributed by atoms with Gasteiger partial charge in [0, 0.05) is 5.02 Å². The molecule has 90 valence electrons. The molecule has 0 amide bonds. The van der Waals surface area contributed by atoms with Crippen LogP contribution in [-0.4, -0.2) is 6.36 Å². The molecule has 0 aliphatic carbocycles. The zero-order valence-electron chi connectivity index (χ0n) is 8.94. The van der Waals surface area contributed by atoms with Crippen molar-refractivity contribution in [3.8, 4) is 5.75 Å². The average molecular weight is 253 g/mol. The van der Waals surface area contributed by atoms with Gasteiger partial charge in [0.2, 0.25) is 0 Å². The smallest absolute Gasteiger partial charge is 0.406 e. The summed E-state index contributed by atoms with van der Waals surface area (Å²) in [6.45, 7) is 3.95. The van der Waals surface area contributed by atoms with E-state index in [-0.39, 0.29) is 10.8 Å². The van der Waals surface area contributed by atoms with E-state index in [0.717, 1.165) is 11.6 Å². The fourth-order valence-electron chi connectivity index (χ4n) is 1.40. The highest BCUT2D eigenvalue weighted by atomic mass is 35.5. The molecule has 1 nitrogen and oxygen atoms in total. The van der Waals surface area contributed by atoms with Gasteiger partial charge < -0.3 is 4.74 Å². The third-order valence-corrected chi connectivity index (χ3v) is 2.03. The largest absolute Gasteiger partial charge is 0.573 e. The van der Waals surface area contributed by atoms with Gasteiger partial charge in [0.15, 0.2) is 0 Å². The van der Waals surface area contributed by atoms with Crippen molar-refractivity contribution in [3.05, 3.63) is 28.8 Å². The molecule has 0 bridgehead atoms. The number of rotatable bonds is 3. The number of alkyl halides is 3. The van der Waals surface area contributed by atoms with Gasteiger partial charge in [0.05, 0.1) is 0 Å². The van der Waals surface area contributed by atoms with Gasteiger partial charge in [-0.05, 0) is 36.1 Å². The maximum absolute atomic E-state index is 12.0. The molecule has 0 heterocycles. The van der Waals surface area contributed by atoms with Crippen LogP contribution in [0.4, 0.5) is 13.2 Å². The fourth-order valence-corrected chi connectivity index (χ4v) is 1.65. The van der Waals surface area contributed by atoms with Crippen molar-refractivity contribution < 1.29 is 17.9 Å². The minimum absolute atomic E-state index is 0.248. The summed E-state index contributed by atoms with van der Waals surface area (Å²) in [5.74, 6) is 0.0767. The standard InChI is InChI=1S/C11H12ClF3O/c1-7(2)3-8-4-9(12)6-10(5-8)16-11(13,14)15/h4-7H,3H2,1-2H3. The predicted octanol–water partition coefficient (Wildman–Crippen LogP) is 4.44. The van der Waals surface area contributed by atoms with Gasteiger partial charge in [-0.25, -0.2) is 0 Å². The second-order valence-electron chi connectivity index (χ2n) is 3.94. The van der Waals surface area contributed by atoms with Crippen molar-refractivity contribution in [2.24, 2.45) is 5.92 Å². The maximum atomic E-state index is 12.0. The van der Waals surface area contributed by atoms with E-state index in [1.165, 1.54) is 6.07 Å². The Morgan fingerprint density at radius 1 is 1.25 bits per heavy atom. The zero-order valence-corrected chi connectivity index (χ0v) is 9.69. The zero-order chi connectivity index (χ0) is 12.3. The van der Waals surface area contributed by atoms with E-state index in [0.29, 0.717) is 12.3 Å². The number of hydrogen-bond acceptors (Lipinski definition) is 1. The predicted molar refractivity (Wildman–Crippen MR) is 56.7 cm³/mol. The van der Waals surface area contributed by atoms with Crippen LogP contribution in [0.1, 0.15) is 19.4 Å². The molecule has 1 aromatic carbocycles. The lowest BCUT2D eigenvalue weighted by Crippen LogP contribution is -2.17. The summed E-state index contributed by atoms with van der Waals surface area (Å²) in [5, 5.41) is 0.248. The summed E-state index contributed by atoms with van der Waals surface area (Å²) < 4.78 is 39.8. The fraction of sp³-hybridized carbons (Fsp3) is 0.455. The Bertz CT molecular complexity index is 361. The van der Waals surface area contributed by atoms with E-state index >= 15 is 0 Å². The number of hydrogen-bond donors (Lipinski definition) is 0. The third kappa shape index (κ3) is 4.75. The SMILES string of the molecule is CC(C)Cc1cc(Cl)cc(OC(F)(F)F)c1. The van der Waals surface area contributed by atoms with E-state index in [4.69, 9.17) is 11.6 Å². The van der Waals surface area contributed by atoms with Crippen molar-refractivity contribution in [2.45, 2.75) is 26.6 Å². The van der Waals surface area contributed by atoms with Gasteiger partial charge in [-0.15, -0.1) is 13.2 Å². The highest BCUT2D eigenvalue weighted by Gasteiger charge is 2.31. The van der Waals surface area contributed by atoms with E-state index < -0.39 is 6.36 Å². The second kappa shape index (κ2) is 4.95. The summed E-state index contributed by atoms with van der Waals surface area (Å²) in [7, 11) is 0. The molecule has 0 atom stereocenters. The molecule has 0 spiro atoms. The van der Waals surface area contributed by atoms with Crippen molar-refractivity contribution >= 4 is 11.6 Å². The first-order valence-corrected chi connectivity index (χ1v) is 5.19. The molecule has 0 saturated heterocycles. The summed E-state index contributed by atoms with van der Waals surface area (Å²) >= 11 is 5.71. The third-order valence-electron chi connectivity index (χ3n) is 1.81. The van der Waals surface area contributed by atoms with E-state index in [9.17, 15) is 13.2 Å². The normalized spacial score (nSPS) is 11.9. The van der Waals surface area contributed by atoms with Crippen LogP contribution in [0, 0.1) is 5.92 Å². The Hall–Kier alpha value is -0.900. The molecule has 0 aromatic heterocycles. The molecule has 0 aliphatic rings. The first-order valence-electron chi connectivity index (χ1n) is 4.81. The van der Waals surface area contributed by atoms with E-state index in [2.05, 4.69) is 4.74 Å². The van der Waals surface area contributed by atoms with Crippen LogP contribution in [-0.2, 0) is 6.42 Å². The highest BCUT2D eigenvalue weighted by molar-refractivity contribution is 6.30. The molecule has 5 heteroatoms. The Kier molecular flexibility index (Phi) is 4.08. The molecule has 0 radical (unpaired) electrons. The molecular formula is C11H12ClF3O. The van der Waals surface area contributed by atoms with Crippen LogP contribution < -0.4 is 4.74 Å². The first kappa shape index (κ1) is 13.2. The molecule has 16 heavy (non-hydrogen) atoms. The van der Waals surface area contributed by atoms with E-state index in [1.54, 1.807) is 6.07 Å². The monoisotopic (exact) mass is 252 g/mol. The number of benzene rings is 1. The Morgan fingerprint density at radius 2 is 1.88 bits per heavy atom.